The average molecular weight is 265 g/mol. The van der Waals surface area contributed by atoms with Gasteiger partial charge in [-0.1, -0.05) is 40.0 Å². The molecule has 6 heteroatoms. The van der Waals surface area contributed by atoms with Crippen molar-refractivity contribution < 1.29 is 12.3 Å². The van der Waals surface area contributed by atoms with Crippen molar-refractivity contribution in [1.29, 1.82) is 0 Å². The Bertz CT molecular complexity index is 136. The molecule has 0 aromatic carbocycles. The minimum Gasteiger partial charge on any atom is -0.420 e. The number of hydrogen-bond acceptors (Lipinski definition) is 3. The van der Waals surface area contributed by atoms with Gasteiger partial charge in [-0.15, -0.1) is 0 Å². The topological polar surface area (TPSA) is 27.7 Å². The van der Waals surface area contributed by atoms with Crippen molar-refractivity contribution in [1.82, 2.24) is 0 Å². The van der Waals surface area contributed by atoms with Crippen molar-refractivity contribution in [3.05, 3.63) is 0 Å². The van der Waals surface area contributed by atoms with E-state index in [2.05, 4.69) is 20.8 Å². The molecule has 0 aromatic heterocycles. The zero-order chi connectivity index (χ0) is 11.1. The minimum absolute atomic E-state index is 1.17. The highest BCUT2D eigenvalue weighted by Crippen LogP contribution is 2.18. The van der Waals surface area contributed by atoms with Crippen LogP contribution >= 0.6 is 0 Å². The van der Waals surface area contributed by atoms with E-state index in [0.29, 0.717) is 0 Å². The second-order valence-electron chi connectivity index (χ2n) is 4.06. The van der Waals surface area contributed by atoms with Crippen molar-refractivity contribution >= 4 is 27.9 Å². The molecule has 1 fully saturated rings. The summed E-state index contributed by atoms with van der Waals surface area (Å²) in [4.78, 5) is 0. The molecule has 0 radical (unpaired) electrons. The number of rotatable bonds is 6. The van der Waals surface area contributed by atoms with Crippen LogP contribution in [0, 0.1) is 0 Å². The van der Waals surface area contributed by atoms with Crippen LogP contribution in [0.5, 0.6) is 0 Å². The molecule has 0 spiro atoms. The predicted octanol–water partition coefficient (Wildman–Crippen LogP) is 1.94. The fourth-order valence-corrected chi connectivity index (χ4v) is 13.0. The number of hydrogen-bond donors (Lipinski definition) is 0. The fraction of sp³-hybridized carbons (Fsp3) is 1.00. The molecule has 0 saturated carbocycles. The molecule has 90 valence electrons. The molecule has 15 heavy (non-hydrogen) atoms. The molecule has 1 aliphatic heterocycles. The summed E-state index contributed by atoms with van der Waals surface area (Å²) in [7, 11) is -3.92. The molecule has 0 unspecified atom stereocenters. The maximum Gasteiger partial charge on any atom is 0.303 e. The van der Waals surface area contributed by atoms with Crippen LogP contribution in [0.15, 0.2) is 0 Å². The van der Waals surface area contributed by atoms with Gasteiger partial charge in [-0.25, -0.2) is 0 Å². The predicted molar refractivity (Wildman–Crippen MR) is 70.0 cm³/mol. The van der Waals surface area contributed by atoms with Crippen molar-refractivity contribution in [2.24, 2.45) is 0 Å². The Morgan fingerprint density at radius 1 is 0.600 bits per heavy atom. The molecule has 1 saturated heterocycles. The first kappa shape index (κ1) is 13.6. The minimum atomic E-state index is -1.31. The van der Waals surface area contributed by atoms with Gasteiger partial charge in [0, 0.05) is 0 Å². The van der Waals surface area contributed by atoms with E-state index in [4.69, 9.17) is 12.3 Å². The van der Waals surface area contributed by atoms with Crippen LogP contribution in [0.25, 0.3) is 0 Å². The van der Waals surface area contributed by atoms with E-state index in [0.717, 1.165) is 0 Å². The van der Waals surface area contributed by atoms with Crippen LogP contribution in [0.1, 0.15) is 40.0 Å². The van der Waals surface area contributed by atoms with E-state index in [-0.39, 0.29) is 0 Å². The summed E-state index contributed by atoms with van der Waals surface area (Å²) in [6.45, 7) is 6.63. The Labute approximate surface area is 98.7 Å². The van der Waals surface area contributed by atoms with E-state index in [1.807, 2.05) is 0 Å². The first-order valence-electron chi connectivity index (χ1n) is 6.26. The van der Waals surface area contributed by atoms with Crippen molar-refractivity contribution in [3.63, 3.8) is 0 Å². The quantitative estimate of drug-likeness (QED) is 0.686. The van der Waals surface area contributed by atoms with Gasteiger partial charge in [-0.05, 0) is 18.1 Å². The lowest BCUT2D eigenvalue weighted by molar-refractivity contribution is 0.277. The lowest BCUT2D eigenvalue weighted by Gasteiger charge is -2.34. The molecule has 0 N–H and O–H groups in total. The van der Waals surface area contributed by atoms with E-state index in [1.54, 1.807) is 0 Å². The van der Waals surface area contributed by atoms with Gasteiger partial charge >= 0.3 is 27.9 Å². The molecule has 1 heterocycles. The van der Waals surface area contributed by atoms with Crippen molar-refractivity contribution in [2.45, 2.75) is 58.2 Å². The van der Waals surface area contributed by atoms with E-state index in [1.165, 1.54) is 37.4 Å². The first-order chi connectivity index (χ1) is 7.30. The molecule has 1 rings (SSSR count). The smallest absolute Gasteiger partial charge is 0.303 e. The Morgan fingerprint density at radius 2 is 0.867 bits per heavy atom. The first-order valence-corrected chi connectivity index (χ1v) is 11.5. The Hall–Kier alpha value is 0.531. The van der Waals surface area contributed by atoms with Gasteiger partial charge < -0.3 is 12.3 Å². The van der Waals surface area contributed by atoms with Crippen LogP contribution < -0.4 is 0 Å². The van der Waals surface area contributed by atoms with Gasteiger partial charge in [0.2, 0.25) is 0 Å². The molecule has 0 bridgehead atoms. The van der Waals surface area contributed by atoms with Gasteiger partial charge in [-0.3, -0.25) is 0 Å². The lowest BCUT2D eigenvalue weighted by atomic mass is 10.6. The zero-order valence-electron chi connectivity index (χ0n) is 10.2. The van der Waals surface area contributed by atoms with Crippen LogP contribution in [0.4, 0.5) is 0 Å². The summed E-state index contributed by atoms with van der Waals surface area (Å²) < 4.78 is 18.0. The standard InChI is InChI=1S/C9H24O3Si3/c1-4-7-13-10-14(8-5-2)12-15(11-13)9-6-3/h13-15H,4-9H2,1-3H3. The highest BCUT2D eigenvalue weighted by atomic mass is 28.5. The van der Waals surface area contributed by atoms with Gasteiger partial charge in [0.1, 0.15) is 0 Å². The maximum atomic E-state index is 6.01. The third-order valence-corrected chi connectivity index (χ3v) is 12.9. The van der Waals surface area contributed by atoms with Gasteiger partial charge in [0.05, 0.1) is 0 Å². The summed E-state index contributed by atoms with van der Waals surface area (Å²) in [6.07, 6.45) is 3.58. The highest BCUT2D eigenvalue weighted by Gasteiger charge is 2.32. The summed E-state index contributed by atoms with van der Waals surface area (Å²) in [5, 5.41) is 0. The Morgan fingerprint density at radius 3 is 1.07 bits per heavy atom. The second-order valence-corrected chi connectivity index (χ2v) is 11.6. The zero-order valence-corrected chi connectivity index (χ0v) is 13.7. The van der Waals surface area contributed by atoms with Gasteiger partial charge in [0.15, 0.2) is 0 Å². The van der Waals surface area contributed by atoms with Crippen LogP contribution in [0.3, 0.4) is 0 Å². The van der Waals surface area contributed by atoms with Crippen molar-refractivity contribution in [2.75, 3.05) is 0 Å². The molecule has 0 aliphatic carbocycles. The van der Waals surface area contributed by atoms with Crippen molar-refractivity contribution in [3.8, 4) is 0 Å². The summed E-state index contributed by atoms with van der Waals surface area (Å²) >= 11 is 0. The van der Waals surface area contributed by atoms with E-state index >= 15 is 0 Å². The fourth-order valence-electron chi connectivity index (χ4n) is 1.72. The summed E-state index contributed by atoms with van der Waals surface area (Å²) in [5.74, 6) is 0. The third-order valence-electron chi connectivity index (χ3n) is 2.48. The summed E-state index contributed by atoms with van der Waals surface area (Å²) in [5.41, 5.74) is 0. The van der Waals surface area contributed by atoms with Crippen LogP contribution in [-0.2, 0) is 12.3 Å². The van der Waals surface area contributed by atoms with Crippen LogP contribution in [-0.4, -0.2) is 27.9 Å². The maximum absolute atomic E-state index is 6.01. The molecular weight excluding hydrogens is 240 g/mol. The second kappa shape index (κ2) is 7.75. The average Bonchev–Trinajstić information content (AvgIpc) is 2.19. The van der Waals surface area contributed by atoms with Gasteiger partial charge in [0.25, 0.3) is 0 Å². The third kappa shape index (κ3) is 4.92. The molecule has 1 aliphatic rings. The monoisotopic (exact) mass is 264 g/mol. The SMILES string of the molecule is CCC[SiH]1O[SiH](CCC)O[SiH](CCC)O1. The van der Waals surface area contributed by atoms with Crippen LogP contribution in [0.2, 0.25) is 18.1 Å². The Kier molecular flexibility index (Phi) is 7.02. The largest absolute Gasteiger partial charge is 0.420 e. The molecular formula is C9H24O3Si3. The Balaban J connectivity index is 2.40. The molecule has 0 amide bonds. The van der Waals surface area contributed by atoms with E-state index in [9.17, 15) is 0 Å². The van der Waals surface area contributed by atoms with E-state index < -0.39 is 27.9 Å². The highest BCUT2D eigenvalue weighted by molar-refractivity contribution is 6.73. The molecule has 0 atom stereocenters. The lowest BCUT2D eigenvalue weighted by Crippen LogP contribution is -2.48. The molecule has 0 aromatic rings. The summed E-state index contributed by atoms with van der Waals surface area (Å²) in [6, 6.07) is 3.51. The van der Waals surface area contributed by atoms with Gasteiger partial charge in [-0.2, -0.15) is 0 Å². The normalized spacial score (nSPS) is 31.8. The molecule has 3 nitrogen and oxygen atoms in total.